The normalized spacial score (nSPS) is 25.1. The number of anilines is 2. The van der Waals surface area contributed by atoms with Crippen LogP contribution in [0.3, 0.4) is 0 Å². The highest BCUT2D eigenvalue weighted by Gasteiger charge is 2.38. The third-order valence-electron chi connectivity index (χ3n) is 5.49. The maximum atomic E-state index is 14.4. The van der Waals surface area contributed by atoms with Crippen molar-refractivity contribution < 1.29 is 17.6 Å². The molecule has 1 aromatic carbocycles. The first-order valence-electron chi connectivity index (χ1n) is 9.80. The van der Waals surface area contributed by atoms with Crippen LogP contribution < -0.4 is 15.5 Å². The Bertz CT molecular complexity index is 1150. The maximum Gasteiger partial charge on any atom is 0.180 e. The van der Waals surface area contributed by atoms with Crippen molar-refractivity contribution in [3.63, 3.8) is 0 Å². The molecule has 3 aromatic rings. The van der Waals surface area contributed by atoms with Crippen LogP contribution in [0.15, 0.2) is 36.7 Å². The molecular weight excluding hydrogens is 432 g/mol. The van der Waals surface area contributed by atoms with Gasteiger partial charge in [-0.15, -0.1) is 0 Å². The van der Waals surface area contributed by atoms with Crippen molar-refractivity contribution >= 4 is 34.5 Å². The van der Waals surface area contributed by atoms with Gasteiger partial charge in [-0.1, -0.05) is 0 Å². The molecule has 3 heterocycles. The van der Waals surface area contributed by atoms with Gasteiger partial charge in [0.15, 0.2) is 10.8 Å². The number of fused-ring (bicyclic) bond motifs is 1. The zero-order valence-electron chi connectivity index (χ0n) is 16.1. The van der Waals surface area contributed by atoms with E-state index in [2.05, 4.69) is 20.7 Å². The fourth-order valence-electron chi connectivity index (χ4n) is 3.85. The van der Waals surface area contributed by atoms with Crippen molar-refractivity contribution in [2.24, 2.45) is 0 Å². The van der Waals surface area contributed by atoms with Crippen LogP contribution in [0, 0.1) is 11.6 Å². The predicted octanol–water partition coefficient (Wildman–Crippen LogP) is 3.69. The van der Waals surface area contributed by atoms with Crippen LogP contribution in [-0.2, 0) is 0 Å². The molecule has 31 heavy (non-hydrogen) atoms. The molecule has 2 aromatic heterocycles. The second-order valence-electron chi connectivity index (χ2n) is 7.74. The first kappa shape index (κ1) is 20.0. The quantitative estimate of drug-likeness (QED) is 0.467. The van der Waals surface area contributed by atoms with Gasteiger partial charge in [0, 0.05) is 24.6 Å². The van der Waals surface area contributed by atoms with Crippen molar-refractivity contribution in [3.8, 4) is 0 Å². The van der Waals surface area contributed by atoms with E-state index in [1.54, 1.807) is 17.2 Å². The zero-order valence-corrected chi connectivity index (χ0v) is 16.9. The molecule has 5 rings (SSSR count). The number of alkyl halides is 2. The molecule has 162 valence electrons. The first-order chi connectivity index (χ1) is 14.9. The molecule has 2 fully saturated rings. The van der Waals surface area contributed by atoms with Crippen LogP contribution >= 0.6 is 12.2 Å². The van der Waals surface area contributed by atoms with E-state index in [1.165, 1.54) is 10.7 Å². The molecule has 0 radical (unpaired) electrons. The number of hydrogen-bond donors (Lipinski definition) is 2. The fraction of sp³-hybridized carbons (Fsp3) is 0.350. The van der Waals surface area contributed by atoms with Crippen LogP contribution in [-0.4, -0.2) is 44.6 Å². The Balaban J connectivity index is 1.44. The van der Waals surface area contributed by atoms with E-state index in [0.717, 1.165) is 18.2 Å². The predicted molar refractivity (Wildman–Crippen MR) is 112 cm³/mol. The second-order valence-corrected chi connectivity index (χ2v) is 8.14. The molecule has 2 aliphatic rings. The van der Waals surface area contributed by atoms with Gasteiger partial charge in [-0.25, -0.2) is 27.1 Å². The number of benzene rings is 1. The van der Waals surface area contributed by atoms with Crippen LogP contribution in [0.25, 0.3) is 5.65 Å². The minimum Gasteiger partial charge on any atom is -0.357 e. The Kier molecular flexibility index (Phi) is 4.92. The average molecular weight is 450 g/mol. The lowest BCUT2D eigenvalue weighted by atomic mass is 10.0. The molecule has 11 heteroatoms. The minimum atomic E-state index is -1.21. The summed E-state index contributed by atoms with van der Waals surface area (Å²) in [5.74, 6) is -0.785. The smallest absolute Gasteiger partial charge is 0.180 e. The molecule has 1 saturated heterocycles. The molecule has 0 amide bonds. The van der Waals surface area contributed by atoms with E-state index in [4.69, 9.17) is 12.2 Å². The lowest BCUT2D eigenvalue weighted by molar-refractivity contribution is 0.355. The van der Waals surface area contributed by atoms with E-state index in [-0.39, 0.29) is 29.7 Å². The number of nitrogens with one attached hydrogen (secondary N) is 2. The molecule has 4 atom stereocenters. The summed E-state index contributed by atoms with van der Waals surface area (Å²) in [4.78, 5) is 6.18. The van der Waals surface area contributed by atoms with Crippen LogP contribution in [0.1, 0.15) is 24.4 Å². The summed E-state index contributed by atoms with van der Waals surface area (Å²) in [6.07, 6.45) is 1.48. The minimum absolute atomic E-state index is 0.000227. The van der Waals surface area contributed by atoms with E-state index in [0.29, 0.717) is 23.6 Å². The van der Waals surface area contributed by atoms with Gasteiger partial charge in [0.2, 0.25) is 0 Å². The van der Waals surface area contributed by atoms with Crippen molar-refractivity contribution in [2.75, 3.05) is 16.8 Å². The number of nitrogens with zero attached hydrogens (tertiary/aromatic N) is 4. The monoisotopic (exact) mass is 450 g/mol. The Hall–Kier alpha value is -2.95. The van der Waals surface area contributed by atoms with Crippen LogP contribution in [0.5, 0.6) is 0 Å². The topological polar surface area (TPSA) is 57.5 Å². The molecule has 0 spiro atoms. The van der Waals surface area contributed by atoms with Gasteiger partial charge in [0.05, 0.1) is 24.8 Å². The first-order valence-corrected chi connectivity index (χ1v) is 10.2. The molecule has 2 N–H and O–H groups in total. The Morgan fingerprint density at radius 3 is 2.74 bits per heavy atom. The summed E-state index contributed by atoms with van der Waals surface area (Å²) in [6, 6.07) is 3.82. The fourth-order valence-corrected chi connectivity index (χ4v) is 4.11. The molecule has 0 unspecified atom stereocenters. The summed E-state index contributed by atoms with van der Waals surface area (Å²) >= 11 is 5.21. The van der Waals surface area contributed by atoms with Crippen molar-refractivity contribution in [1.29, 1.82) is 0 Å². The summed E-state index contributed by atoms with van der Waals surface area (Å²) in [7, 11) is 0. The van der Waals surface area contributed by atoms with Gasteiger partial charge in [0.25, 0.3) is 0 Å². The van der Waals surface area contributed by atoms with Crippen LogP contribution in [0.4, 0.5) is 29.1 Å². The number of hydrogen-bond acceptors (Lipinski definition) is 4. The lowest BCUT2D eigenvalue weighted by Gasteiger charge is -2.26. The number of thiocarbonyl (C=S) groups is 1. The highest BCUT2D eigenvalue weighted by molar-refractivity contribution is 7.80. The maximum absolute atomic E-state index is 14.4. The molecule has 0 bridgehead atoms. The van der Waals surface area contributed by atoms with Gasteiger partial charge < -0.3 is 15.5 Å². The molecular formula is C20H18F4N6S. The Morgan fingerprint density at radius 1 is 1.16 bits per heavy atom. The van der Waals surface area contributed by atoms with Gasteiger partial charge in [-0.3, -0.25) is 0 Å². The summed E-state index contributed by atoms with van der Waals surface area (Å²) in [5.41, 5.74) is 0.985. The van der Waals surface area contributed by atoms with Crippen molar-refractivity contribution in [1.82, 2.24) is 19.9 Å². The highest BCUT2D eigenvalue weighted by atomic mass is 32.1. The summed E-state index contributed by atoms with van der Waals surface area (Å²) in [6.45, 7) is 0.000227. The SMILES string of the molecule is Fc1ccc(F)c([C@H]2C[C@@H](F)CN2c2ccn3ncc(NC(=S)N[C@H]4C[C@H]4F)c3n2)c1. The third kappa shape index (κ3) is 3.89. The van der Waals surface area contributed by atoms with E-state index in [9.17, 15) is 17.6 Å². The number of halogens is 4. The largest absolute Gasteiger partial charge is 0.357 e. The van der Waals surface area contributed by atoms with Crippen molar-refractivity contribution in [3.05, 3.63) is 53.9 Å². The number of rotatable bonds is 4. The second kappa shape index (κ2) is 7.63. The molecule has 1 saturated carbocycles. The Labute approximate surface area is 180 Å². The Morgan fingerprint density at radius 2 is 1.97 bits per heavy atom. The van der Waals surface area contributed by atoms with E-state index < -0.39 is 30.0 Å². The standard InChI is InChI=1S/C20H18F4N6S/c21-10-1-2-13(23)12(5-10)17-6-11(22)9-29(17)18-3-4-30-19(28-18)16(8-25-30)27-20(31)26-15-7-14(15)24/h1-5,8,11,14-15,17H,6-7,9H2,(H2,26,27,31)/t11-,14-,15+,17-/m1/s1. The summed E-state index contributed by atoms with van der Waals surface area (Å²) in [5, 5.41) is 10.3. The van der Waals surface area contributed by atoms with Crippen molar-refractivity contribution in [2.45, 2.75) is 37.3 Å². The van der Waals surface area contributed by atoms with E-state index in [1.807, 2.05) is 0 Å². The molecule has 1 aliphatic carbocycles. The highest BCUT2D eigenvalue weighted by Crippen LogP contribution is 2.38. The summed E-state index contributed by atoms with van der Waals surface area (Å²) < 4.78 is 57.0. The lowest BCUT2D eigenvalue weighted by Crippen LogP contribution is -2.31. The number of aromatic nitrogens is 3. The van der Waals surface area contributed by atoms with Gasteiger partial charge >= 0.3 is 0 Å². The van der Waals surface area contributed by atoms with Gasteiger partial charge in [0.1, 0.15) is 35.5 Å². The van der Waals surface area contributed by atoms with Gasteiger partial charge in [-0.2, -0.15) is 5.10 Å². The van der Waals surface area contributed by atoms with Gasteiger partial charge in [-0.05, 0) is 36.5 Å². The van der Waals surface area contributed by atoms with Crippen LogP contribution in [0.2, 0.25) is 0 Å². The zero-order chi connectivity index (χ0) is 21.7. The molecule has 1 aliphatic heterocycles. The third-order valence-corrected chi connectivity index (χ3v) is 5.71. The van der Waals surface area contributed by atoms with E-state index >= 15 is 0 Å². The average Bonchev–Trinajstić information content (AvgIpc) is 3.11. The molecule has 6 nitrogen and oxygen atoms in total.